The zero-order valence-corrected chi connectivity index (χ0v) is 14.9. The van der Waals surface area contributed by atoms with Crippen LogP contribution in [0.1, 0.15) is 34.5 Å². The number of carbonyl (C=O) groups is 1. The van der Waals surface area contributed by atoms with Crippen LogP contribution in [0.3, 0.4) is 0 Å². The Kier molecular flexibility index (Phi) is 5.09. The van der Waals surface area contributed by atoms with Crippen molar-refractivity contribution in [2.24, 2.45) is 0 Å². The van der Waals surface area contributed by atoms with Crippen LogP contribution in [0.15, 0.2) is 35.1 Å². The summed E-state index contributed by atoms with van der Waals surface area (Å²) in [6.07, 6.45) is 4.14. The maximum Gasteiger partial charge on any atom is 0.267 e. The average molecular weight is 423 g/mol. The first-order valence-electron chi connectivity index (χ1n) is 7.77. The fraction of sp³-hybridized carbons (Fsp3) is 0.353. The Balaban J connectivity index is 1.61. The molecule has 5 nitrogen and oxygen atoms in total. The van der Waals surface area contributed by atoms with E-state index < -0.39 is 0 Å². The van der Waals surface area contributed by atoms with E-state index in [9.17, 15) is 9.59 Å². The molecule has 0 radical (unpaired) electrons. The van der Waals surface area contributed by atoms with Crippen LogP contribution < -0.4 is 10.9 Å². The summed E-state index contributed by atoms with van der Waals surface area (Å²) in [4.78, 5) is 24.1. The van der Waals surface area contributed by atoms with Gasteiger partial charge in [-0.25, -0.2) is 4.68 Å². The minimum Gasteiger partial charge on any atom is -0.350 e. The lowest BCUT2D eigenvalue weighted by Crippen LogP contribution is -2.33. The Bertz CT molecular complexity index is 768. The molecule has 0 saturated carbocycles. The molecule has 0 saturated heterocycles. The van der Waals surface area contributed by atoms with Gasteiger partial charge >= 0.3 is 0 Å². The molecule has 1 aliphatic carbocycles. The quantitative estimate of drug-likeness (QED) is 0.767. The van der Waals surface area contributed by atoms with Gasteiger partial charge < -0.3 is 5.32 Å². The van der Waals surface area contributed by atoms with Crippen LogP contribution in [0, 0.1) is 3.57 Å². The predicted molar refractivity (Wildman–Crippen MR) is 96.6 cm³/mol. The monoisotopic (exact) mass is 423 g/mol. The van der Waals surface area contributed by atoms with Crippen molar-refractivity contribution < 1.29 is 4.79 Å². The van der Waals surface area contributed by atoms with Crippen LogP contribution in [0.25, 0.3) is 0 Å². The SMILES string of the molecule is O=C(NCCn1nc2c(cc1=O)CCCC2)c1ccc(I)cc1. The van der Waals surface area contributed by atoms with E-state index in [0.29, 0.717) is 18.7 Å². The van der Waals surface area contributed by atoms with Crippen molar-refractivity contribution in [2.45, 2.75) is 32.2 Å². The lowest BCUT2D eigenvalue weighted by molar-refractivity contribution is 0.0951. The van der Waals surface area contributed by atoms with Gasteiger partial charge in [-0.15, -0.1) is 0 Å². The van der Waals surface area contributed by atoms with Crippen molar-refractivity contribution >= 4 is 28.5 Å². The van der Waals surface area contributed by atoms with Gasteiger partial charge in [-0.1, -0.05) is 0 Å². The molecule has 3 rings (SSSR count). The molecule has 0 aliphatic heterocycles. The van der Waals surface area contributed by atoms with Gasteiger partial charge in [0.05, 0.1) is 12.2 Å². The lowest BCUT2D eigenvalue weighted by atomic mass is 9.97. The summed E-state index contributed by atoms with van der Waals surface area (Å²) in [6, 6.07) is 9.07. The fourth-order valence-corrected chi connectivity index (χ4v) is 3.10. The van der Waals surface area contributed by atoms with E-state index >= 15 is 0 Å². The Morgan fingerprint density at radius 2 is 1.96 bits per heavy atom. The molecule has 6 heteroatoms. The van der Waals surface area contributed by atoms with Crippen molar-refractivity contribution in [3.05, 3.63) is 61.1 Å². The number of carbonyl (C=O) groups excluding carboxylic acids is 1. The summed E-state index contributed by atoms with van der Waals surface area (Å²) in [7, 11) is 0. The molecule has 1 aromatic heterocycles. The Morgan fingerprint density at radius 1 is 1.22 bits per heavy atom. The van der Waals surface area contributed by atoms with Gasteiger partial charge in [0.1, 0.15) is 0 Å². The molecule has 23 heavy (non-hydrogen) atoms. The van der Waals surface area contributed by atoms with E-state index in [2.05, 4.69) is 33.0 Å². The zero-order chi connectivity index (χ0) is 16.2. The van der Waals surface area contributed by atoms with Crippen LogP contribution in [-0.2, 0) is 19.4 Å². The second kappa shape index (κ2) is 7.25. The van der Waals surface area contributed by atoms with Crippen molar-refractivity contribution in [3.8, 4) is 0 Å². The Morgan fingerprint density at radius 3 is 2.74 bits per heavy atom. The maximum absolute atomic E-state index is 12.1. The molecule has 1 aliphatic rings. The second-order valence-electron chi connectivity index (χ2n) is 5.65. The highest BCUT2D eigenvalue weighted by atomic mass is 127. The van der Waals surface area contributed by atoms with E-state index in [4.69, 9.17) is 0 Å². The second-order valence-corrected chi connectivity index (χ2v) is 6.89. The number of aromatic nitrogens is 2. The van der Waals surface area contributed by atoms with Crippen molar-refractivity contribution in [3.63, 3.8) is 0 Å². The zero-order valence-electron chi connectivity index (χ0n) is 12.7. The first kappa shape index (κ1) is 16.2. The summed E-state index contributed by atoms with van der Waals surface area (Å²) in [5.41, 5.74) is 2.64. The molecule has 0 bridgehead atoms. The standard InChI is InChI=1S/C17H18IN3O2/c18-14-7-5-12(6-8-14)17(23)19-9-10-21-16(22)11-13-3-1-2-4-15(13)20-21/h5-8,11H,1-4,9-10H2,(H,19,23). The normalized spacial score (nSPS) is 13.4. The van der Waals surface area contributed by atoms with Gasteiger partial charge in [-0.3, -0.25) is 9.59 Å². The third-order valence-corrected chi connectivity index (χ3v) is 4.71. The number of aryl methyl sites for hydroxylation is 2. The number of amides is 1. The van der Waals surface area contributed by atoms with Crippen LogP contribution in [0.5, 0.6) is 0 Å². The predicted octanol–water partition coefficient (Wildman–Crippen LogP) is 2.16. The van der Waals surface area contributed by atoms with Crippen LogP contribution in [0.4, 0.5) is 0 Å². The molecule has 1 aromatic carbocycles. The summed E-state index contributed by atoms with van der Waals surface area (Å²) in [5, 5.41) is 7.28. The van der Waals surface area contributed by atoms with Crippen LogP contribution in [-0.4, -0.2) is 22.2 Å². The van der Waals surface area contributed by atoms with Gasteiger partial charge in [0.25, 0.3) is 11.5 Å². The number of fused-ring (bicyclic) bond motifs is 1. The molecule has 0 atom stereocenters. The van der Waals surface area contributed by atoms with Gasteiger partial charge in [-0.2, -0.15) is 5.10 Å². The molecular weight excluding hydrogens is 405 g/mol. The van der Waals surface area contributed by atoms with E-state index in [0.717, 1.165) is 40.5 Å². The maximum atomic E-state index is 12.1. The molecule has 1 N–H and O–H groups in total. The third kappa shape index (κ3) is 3.99. The average Bonchev–Trinajstić information content (AvgIpc) is 2.56. The summed E-state index contributed by atoms with van der Waals surface area (Å²) >= 11 is 2.20. The summed E-state index contributed by atoms with van der Waals surface area (Å²) in [6.45, 7) is 0.777. The highest BCUT2D eigenvalue weighted by molar-refractivity contribution is 14.1. The Hall–Kier alpha value is -1.70. The minimum absolute atomic E-state index is 0.0887. The molecule has 1 heterocycles. The van der Waals surface area contributed by atoms with E-state index in [1.807, 2.05) is 12.1 Å². The van der Waals surface area contributed by atoms with Gasteiger partial charge in [0, 0.05) is 21.7 Å². The van der Waals surface area contributed by atoms with Crippen LogP contribution >= 0.6 is 22.6 Å². The number of rotatable bonds is 4. The number of hydrogen-bond acceptors (Lipinski definition) is 3. The number of nitrogens with one attached hydrogen (secondary N) is 1. The fourth-order valence-electron chi connectivity index (χ4n) is 2.74. The number of nitrogens with zero attached hydrogens (tertiary/aromatic N) is 2. The smallest absolute Gasteiger partial charge is 0.267 e. The number of halogens is 1. The Labute approximate surface area is 148 Å². The minimum atomic E-state index is -0.132. The molecular formula is C17H18IN3O2. The molecule has 2 aromatic rings. The van der Waals surface area contributed by atoms with E-state index in [1.165, 1.54) is 4.68 Å². The topological polar surface area (TPSA) is 64.0 Å². The molecule has 1 amide bonds. The molecule has 120 valence electrons. The summed E-state index contributed by atoms with van der Waals surface area (Å²) < 4.78 is 2.54. The summed E-state index contributed by atoms with van der Waals surface area (Å²) in [5.74, 6) is -0.132. The van der Waals surface area contributed by atoms with Crippen LogP contribution in [0.2, 0.25) is 0 Å². The molecule has 0 spiro atoms. The van der Waals surface area contributed by atoms with E-state index in [-0.39, 0.29) is 11.5 Å². The number of hydrogen-bond donors (Lipinski definition) is 1. The highest BCUT2D eigenvalue weighted by Gasteiger charge is 2.13. The lowest BCUT2D eigenvalue weighted by Gasteiger charge is -2.16. The third-order valence-electron chi connectivity index (χ3n) is 3.99. The molecule has 0 unspecified atom stereocenters. The first-order valence-corrected chi connectivity index (χ1v) is 8.85. The van der Waals surface area contributed by atoms with Crippen molar-refractivity contribution in [2.75, 3.05) is 6.54 Å². The van der Waals surface area contributed by atoms with Gasteiger partial charge in [-0.05, 0) is 78.1 Å². The first-order chi connectivity index (χ1) is 11.1. The number of benzene rings is 1. The van der Waals surface area contributed by atoms with Gasteiger partial charge in [0.15, 0.2) is 0 Å². The van der Waals surface area contributed by atoms with E-state index in [1.54, 1.807) is 18.2 Å². The van der Waals surface area contributed by atoms with Crippen molar-refractivity contribution in [1.29, 1.82) is 0 Å². The largest absolute Gasteiger partial charge is 0.350 e. The van der Waals surface area contributed by atoms with Gasteiger partial charge in [0.2, 0.25) is 0 Å². The van der Waals surface area contributed by atoms with Crippen molar-refractivity contribution in [1.82, 2.24) is 15.1 Å². The highest BCUT2D eigenvalue weighted by Crippen LogP contribution is 2.16. The molecule has 0 fully saturated rings.